The molecule has 2 aromatic carbocycles. The van der Waals surface area contributed by atoms with Gasteiger partial charge >= 0.3 is 12.1 Å². The zero-order valence-electron chi connectivity index (χ0n) is 21.7. The van der Waals surface area contributed by atoms with Crippen LogP contribution in [0.3, 0.4) is 0 Å². The maximum atomic E-state index is 13.3. The molecule has 0 bridgehead atoms. The lowest BCUT2D eigenvalue weighted by Gasteiger charge is -2.27. The van der Waals surface area contributed by atoms with E-state index >= 15 is 0 Å². The minimum absolute atomic E-state index is 0.00649. The van der Waals surface area contributed by atoms with Crippen LogP contribution in [0.1, 0.15) is 58.2 Å². The van der Waals surface area contributed by atoms with Crippen LogP contribution in [0.4, 0.5) is 13.2 Å². The number of Topliss-reactive ketones (excluding diaryl/α,β-unsaturated/α-hetero) is 1. The largest absolute Gasteiger partial charge is 0.490 e. The molecule has 1 saturated carbocycles. The molecule has 0 aliphatic heterocycles. The lowest BCUT2D eigenvalue weighted by Crippen LogP contribution is -2.38. The van der Waals surface area contributed by atoms with Crippen LogP contribution in [-0.2, 0) is 4.79 Å². The predicted octanol–water partition coefficient (Wildman–Crippen LogP) is 5.41. The van der Waals surface area contributed by atoms with Crippen LogP contribution >= 0.6 is 0 Å². The second kappa shape index (κ2) is 12.0. The van der Waals surface area contributed by atoms with Crippen LogP contribution in [0.5, 0.6) is 0 Å². The van der Waals surface area contributed by atoms with E-state index in [4.69, 9.17) is 9.90 Å². The molecule has 0 amide bonds. The number of halogens is 3. The SMILES string of the molecule is Cc1cc(C(=O)CN(C)C2(CCO)CC2)c(C)n1C(c1ccccc1)c1ccccc1.O=C(O)C(F)(F)F. The van der Waals surface area contributed by atoms with Gasteiger partial charge in [0.15, 0.2) is 5.78 Å². The van der Waals surface area contributed by atoms with Gasteiger partial charge < -0.3 is 14.8 Å². The van der Waals surface area contributed by atoms with Crippen LogP contribution in [0, 0.1) is 13.8 Å². The topological polar surface area (TPSA) is 82.8 Å². The molecule has 3 aromatic rings. The molecule has 0 radical (unpaired) electrons. The van der Waals surface area contributed by atoms with Crippen molar-refractivity contribution in [1.82, 2.24) is 9.47 Å². The molecule has 1 aliphatic carbocycles. The normalized spacial score (nSPS) is 14.2. The molecule has 0 unspecified atom stereocenters. The molecule has 0 spiro atoms. The van der Waals surface area contributed by atoms with Gasteiger partial charge in [-0.2, -0.15) is 13.2 Å². The van der Waals surface area contributed by atoms with Gasteiger partial charge in [-0.05, 0) is 57.4 Å². The third kappa shape index (κ3) is 6.71. The molecule has 1 aromatic heterocycles. The molecule has 6 nitrogen and oxygen atoms in total. The zero-order valence-corrected chi connectivity index (χ0v) is 21.7. The van der Waals surface area contributed by atoms with Gasteiger partial charge in [-0.3, -0.25) is 9.69 Å². The number of benzene rings is 2. The Morgan fingerprint density at radius 3 is 1.87 bits per heavy atom. The molecule has 1 aliphatic rings. The number of carboxylic acid groups (broad SMARTS) is 1. The number of aliphatic hydroxyl groups is 1. The highest BCUT2D eigenvalue weighted by Gasteiger charge is 2.46. The lowest BCUT2D eigenvalue weighted by molar-refractivity contribution is -0.192. The summed E-state index contributed by atoms with van der Waals surface area (Å²) in [7, 11) is 2.01. The number of alkyl halides is 3. The summed E-state index contributed by atoms with van der Waals surface area (Å²) in [6, 6.07) is 23.0. The molecule has 1 heterocycles. The smallest absolute Gasteiger partial charge is 0.475 e. The quantitative estimate of drug-likeness (QED) is 0.362. The number of hydrogen-bond acceptors (Lipinski definition) is 4. The van der Waals surface area contributed by atoms with E-state index in [0.717, 1.165) is 36.2 Å². The maximum Gasteiger partial charge on any atom is 0.490 e. The Labute approximate surface area is 220 Å². The number of ketones is 1. The average Bonchev–Trinajstić information content (AvgIpc) is 3.61. The van der Waals surface area contributed by atoms with E-state index in [1.54, 1.807) is 0 Å². The fourth-order valence-electron chi connectivity index (χ4n) is 4.86. The van der Waals surface area contributed by atoms with Gasteiger partial charge in [-0.1, -0.05) is 60.7 Å². The first kappa shape index (κ1) is 29.1. The monoisotopic (exact) mass is 530 g/mol. The molecule has 0 atom stereocenters. The molecule has 204 valence electrons. The first-order valence-corrected chi connectivity index (χ1v) is 12.3. The van der Waals surface area contributed by atoms with Gasteiger partial charge in [0.25, 0.3) is 0 Å². The summed E-state index contributed by atoms with van der Waals surface area (Å²) in [4.78, 5) is 24.3. The Morgan fingerprint density at radius 2 is 1.47 bits per heavy atom. The van der Waals surface area contributed by atoms with Crippen molar-refractivity contribution in [3.05, 3.63) is 94.8 Å². The Balaban J connectivity index is 0.000000505. The van der Waals surface area contributed by atoms with E-state index in [0.29, 0.717) is 6.54 Å². The van der Waals surface area contributed by atoms with Gasteiger partial charge in [0.2, 0.25) is 0 Å². The number of hydrogen-bond donors (Lipinski definition) is 2. The first-order valence-electron chi connectivity index (χ1n) is 12.3. The minimum Gasteiger partial charge on any atom is -0.475 e. The molecule has 2 N–H and O–H groups in total. The Morgan fingerprint density at radius 1 is 1.00 bits per heavy atom. The Hall–Kier alpha value is -3.43. The van der Waals surface area contributed by atoms with Gasteiger partial charge in [0, 0.05) is 29.1 Å². The predicted molar refractivity (Wildman–Crippen MR) is 138 cm³/mol. The van der Waals surface area contributed by atoms with Crippen molar-refractivity contribution < 1.29 is 33.0 Å². The standard InChI is InChI=1S/C27H32N2O2.C2HF3O2/c1-20-18-24(25(31)19-28(3)27(14-15-27)16-17-30)21(2)29(20)26(22-10-6-4-7-11-22)23-12-8-5-9-13-23;3-2(4,5)1(6)7/h4-13,18,26,30H,14-17,19H2,1-3H3;(H,6,7). The second-order valence-corrected chi connectivity index (χ2v) is 9.66. The number of aryl methyl sites for hydroxylation is 1. The number of aliphatic carboxylic acids is 1. The molecule has 4 rings (SSSR count). The van der Waals surface area contributed by atoms with E-state index < -0.39 is 12.1 Å². The van der Waals surface area contributed by atoms with Crippen LogP contribution < -0.4 is 0 Å². The summed E-state index contributed by atoms with van der Waals surface area (Å²) in [5.41, 5.74) is 5.28. The zero-order chi connectivity index (χ0) is 28.1. The number of carbonyl (C=O) groups is 2. The van der Waals surface area contributed by atoms with Gasteiger partial charge in [0.1, 0.15) is 0 Å². The summed E-state index contributed by atoms with van der Waals surface area (Å²) in [6.45, 7) is 4.69. The molecular formula is C29H33F3N2O4. The van der Waals surface area contributed by atoms with Crippen molar-refractivity contribution in [2.45, 2.75) is 50.9 Å². The van der Waals surface area contributed by atoms with Crippen molar-refractivity contribution in [3.8, 4) is 0 Å². The van der Waals surface area contributed by atoms with Crippen LogP contribution in [0.2, 0.25) is 0 Å². The number of likely N-dealkylation sites (N-methyl/N-ethyl adjacent to an activating group) is 1. The third-order valence-corrected chi connectivity index (χ3v) is 7.11. The number of nitrogens with zero attached hydrogens (tertiary/aromatic N) is 2. The van der Waals surface area contributed by atoms with E-state index in [2.05, 4.69) is 71.8 Å². The molecule has 1 fully saturated rings. The Bertz CT molecular complexity index is 1200. The van der Waals surface area contributed by atoms with E-state index in [-0.39, 0.29) is 24.0 Å². The highest BCUT2D eigenvalue weighted by atomic mass is 19.4. The summed E-state index contributed by atoms with van der Waals surface area (Å²) >= 11 is 0. The molecule has 9 heteroatoms. The fraction of sp³-hybridized carbons (Fsp3) is 0.379. The average molecular weight is 531 g/mol. The highest BCUT2D eigenvalue weighted by Crippen LogP contribution is 2.43. The van der Waals surface area contributed by atoms with E-state index in [9.17, 15) is 23.1 Å². The van der Waals surface area contributed by atoms with E-state index in [1.807, 2.05) is 25.2 Å². The summed E-state index contributed by atoms with van der Waals surface area (Å²) < 4.78 is 34.0. The number of carbonyl (C=O) groups excluding carboxylic acids is 1. The first-order chi connectivity index (χ1) is 17.9. The van der Waals surface area contributed by atoms with Gasteiger partial charge in [-0.15, -0.1) is 0 Å². The summed E-state index contributed by atoms with van der Waals surface area (Å²) in [6.07, 6.45) is -2.24. The van der Waals surface area contributed by atoms with Crippen LogP contribution in [-0.4, -0.2) is 63.3 Å². The van der Waals surface area contributed by atoms with Gasteiger partial charge in [0.05, 0.1) is 12.6 Å². The molecular weight excluding hydrogens is 497 g/mol. The fourth-order valence-corrected chi connectivity index (χ4v) is 4.86. The third-order valence-electron chi connectivity index (χ3n) is 7.11. The van der Waals surface area contributed by atoms with Crippen LogP contribution in [0.25, 0.3) is 0 Å². The van der Waals surface area contributed by atoms with E-state index in [1.165, 1.54) is 11.1 Å². The van der Waals surface area contributed by atoms with Crippen molar-refractivity contribution in [2.75, 3.05) is 20.2 Å². The van der Waals surface area contributed by atoms with Crippen molar-refractivity contribution in [2.24, 2.45) is 0 Å². The summed E-state index contributed by atoms with van der Waals surface area (Å²) in [5, 5.41) is 16.5. The van der Waals surface area contributed by atoms with Crippen molar-refractivity contribution in [1.29, 1.82) is 0 Å². The maximum absolute atomic E-state index is 13.3. The van der Waals surface area contributed by atoms with Crippen molar-refractivity contribution in [3.63, 3.8) is 0 Å². The minimum atomic E-state index is -5.08. The number of aromatic nitrogens is 1. The van der Waals surface area contributed by atoms with Crippen LogP contribution in [0.15, 0.2) is 66.7 Å². The second-order valence-electron chi connectivity index (χ2n) is 9.66. The molecule has 0 saturated heterocycles. The Kier molecular flexibility index (Phi) is 9.17. The molecule has 38 heavy (non-hydrogen) atoms. The summed E-state index contributed by atoms with van der Waals surface area (Å²) in [5.74, 6) is -2.61. The number of aliphatic hydroxyl groups excluding tert-OH is 1. The lowest BCUT2D eigenvalue weighted by atomic mass is 9.98. The van der Waals surface area contributed by atoms with Crippen molar-refractivity contribution >= 4 is 11.8 Å². The number of carboxylic acids is 1. The highest BCUT2D eigenvalue weighted by molar-refractivity contribution is 5.99. The van der Waals surface area contributed by atoms with Gasteiger partial charge in [-0.25, -0.2) is 4.79 Å². The number of rotatable bonds is 9.